The Balaban J connectivity index is 1.46. The van der Waals surface area contributed by atoms with Gasteiger partial charge in [-0.15, -0.1) is 5.10 Å². The second-order valence-electron chi connectivity index (χ2n) is 7.52. The summed E-state index contributed by atoms with van der Waals surface area (Å²) in [5, 5.41) is 12.0. The number of nitrogens with zero attached hydrogens (tertiary/aromatic N) is 6. The fourth-order valence-electron chi connectivity index (χ4n) is 4.06. The molecule has 3 heterocycles. The van der Waals surface area contributed by atoms with Crippen LogP contribution in [0.4, 0.5) is 0 Å². The van der Waals surface area contributed by atoms with Crippen LogP contribution >= 0.6 is 0 Å². The maximum Gasteiger partial charge on any atom is 0.244 e. The number of benzene rings is 1. The first-order valence-corrected chi connectivity index (χ1v) is 10.2. The highest BCUT2D eigenvalue weighted by Crippen LogP contribution is 2.32. The Hall–Kier alpha value is -2.52. The van der Waals surface area contributed by atoms with Crippen LogP contribution < -0.4 is 4.74 Å². The van der Waals surface area contributed by atoms with Gasteiger partial charge in [-0.05, 0) is 47.4 Å². The molecule has 9 nitrogen and oxygen atoms in total. The van der Waals surface area contributed by atoms with Crippen molar-refractivity contribution >= 4 is 5.91 Å². The molecule has 0 saturated carbocycles. The minimum Gasteiger partial charge on any atom is -0.497 e. The van der Waals surface area contributed by atoms with Crippen LogP contribution in [0.15, 0.2) is 24.3 Å². The Bertz CT molecular complexity index is 820. The van der Waals surface area contributed by atoms with Crippen molar-refractivity contribution in [2.24, 2.45) is 0 Å². The summed E-state index contributed by atoms with van der Waals surface area (Å²) in [4.78, 5) is 17.4. The van der Waals surface area contributed by atoms with Gasteiger partial charge in [-0.3, -0.25) is 9.69 Å². The van der Waals surface area contributed by atoms with E-state index in [-0.39, 0.29) is 18.5 Å². The number of rotatable bonds is 6. The molecular weight excluding hydrogens is 372 g/mol. The quantitative estimate of drug-likeness (QED) is 0.722. The second-order valence-corrected chi connectivity index (χ2v) is 7.52. The van der Waals surface area contributed by atoms with Gasteiger partial charge >= 0.3 is 0 Å². The van der Waals surface area contributed by atoms with Gasteiger partial charge in [0, 0.05) is 19.6 Å². The lowest BCUT2D eigenvalue weighted by Crippen LogP contribution is -2.41. The van der Waals surface area contributed by atoms with E-state index in [1.54, 1.807) is 11.8 Å². The van der Waals surface area contributed by atoms with Gasteiger partial charge < -0.3 is 14.4 Å². The summed E-state index contributed by atoms with van der Waals surface area (Å²) >= 11 is 0. The molecule has 29 heavy (non-hydrogen) atoms. The van der Waals surface area contributed by atoms with Crippen molar-refractivity contribution < 1.29 is 14.3 Å². The molecular formula is C20H28N6O3. The van der Waals surface area contributed by atoms with E-state index >= 15 is 0 Å². The number of hydrogen-bond acceptors (Lipinski definition) is 7. The molecule has 1 aromatic heterocycles. The van der Waals surface area contributed by atoms with Crippen molar-refractivity contribution in [2.75, 3.05) is 40.0 Å². The molecule has 2 aliphatic heterocycles. The number of piperidine rings is 1. The normalized spacial score (nSPS) is 20.6. The lowest BCUT2D eigenvalue weighted by atomic mass is 9.95. The molecule has 2 fully saturated rings. The Morgan fingerprint density at radius 3 is 2.93 bits per heavy atom. The number of tetrazole rings is 1. The summed E-state index contributed by atoms with van der Waals surface area (Å²) in [6.45, 7) is 4.68. The molecule has 0 spiro atoms. The number of carbonyl (C=O) groups excluding carboxylic acids is 1. The van der Waals surface area contributed by atoms with Crippen LogP contribution in [0, 0.1) is 0 Å². The molecule has 0 bridgehead atoms. The summed E-state index contributed by atoms with van der Waals surface area (Å²) in [7, 11) is 1.66. The highest BCUT2D eigenvalue weighted by atomic mass is 16.5. The third-order valence-corrected chi connectivity index (χ3v) is 5.66. The van der Waals surface area contributed by atoms with E-state index in [4.69, 9.17) is 9.47 Å². The topological polar surface area (TPSA) is 85.6 Å². The highest BCUT2D eigenvalue weighted by molar-refractivity contribution is 5.76. The van der Waals surface area contributed by atoms with Crippen LogP contribution in [0.2, 0.25) is 0 Å². The maximum absolute atomic E-state index is 13.2. The van der Waals surface area contributed by atoms with Crippen molar-refractivity contribution in [1.82, 2.24) is 30.0 Å². The zero-order chi connectivity index (χ0) is 20.1. The number of methoxy groups -OCH3 is 1. The molecule has 1 atom stereocenters. The van der Waals surface area contributed by atoms with E-state index in [0.717, 1.165) is 69.2 Å². The monoisotopic (exact) mass is 400 g/mol. The summed E-state index contributed by atoms with van der Waals surface area (Å²) in [5.74, 6) is 1.58. The zero-order valence-corrected chi connectivity index (χ0v) is 16.9. The van der Waals surface area contributed by atoms with Gasteiger partial charge in [-0.25, -0.2) is 4.68 Å². The predicted molar refractivity (Wildman–Crippen MR) is 105 cm³/mol. The largest absolute Gasteiger partial charge is 0.497 e. The Morgan fingerprint density at radius 2 is 2.10 bits per heavy atom. The molecule has 9 heteroatoms. The minimum atomic E-state index is 0.0491. The van der Waals surface area contributed by atoms with E-state index in [0.29, 0.717) is 6.54 Å². The molecule has 156 valence electrons. The molecule has 4 rings (SSSR count). The predicted octanol–water partition coefficient (Wildman–Crippen LogP) is 1.27. The Kier molecular flexibility index (Phi) is 6.36. The second kappa shape index (κ2) is 9.32. The number of carbonyl (C=O) groups is 1. The van der Waals surface area contributed by atoms with Crippen LogP contribution in [0.3, 0.4) is 0 Å². The number of amides is 1. The molecule has 2 aliphatic rings. The van der Waals surface area contributed by atoms with Gasteiger partial charge in [0.2, 0.25) is 5.91 Å². The van der Waals surface area contributed by atoms with E-state index in [1.807, 2.05) is 23.1 Å². The SMILES string of the molecule is COc1cccc([C@H]2CCCCN2C(=O)Cn2nnnc2CN2CCOCC2)c1. The number of likely N-dealkylation sites (tertiary alicyclic amines) is 1. The molecule has 0 unspecified atom stereocenters. The molecule has 1 amide bonds. The van der Waals surface area contributed by atoms with Crippen molar-refractivity contribution in [3.8, 4) is 5.75 Å². The third-order valence-electron chi connectivity index (χ3n) is 5.66. The smallest absolute Gasteiger partial charge is 0.244 e. The van der Waals surface area contributed by atoms with Gasteiger partial charge in [0.15, 0.2) is 5.82 Å². The zero-order valence-electron chi connectivity index (χ0n) is 16.9. The number of aromatic nitrogens is 4. The van der Waals surface area contributed by atoms with Gasteiger partial charge in [0.05, 0.1) is 32.9 Å². The molecule has 0 N–H and O–H groups in total. The van der Waals surface area contributed by atoms with Gasteiger partial charge in [-0.1, -0.05) is 12.1 Å². The maximum atomic E-state index is 13.2. The number of hydrogen-bond donors (Lipinski definition) is 0. The number of morpholine rings is 1. The third kappa shape index (κ3) is 4.73. The number of ether oxygens (including phenoxy) is 2. The minimum absolute atomic E-state index is 0.0491. The van der Waals surface area contributed by atoms with Crippen molar-refractivity contribution in [1.29, 1.82) is 0 Å². The first kappa shape index (κ1) is 19.8. The van der Waals surface area contributed by atoms with Crippen LogP contribution in [0.25, 0.3) is 0 Å². The molecule has 1 aromatic carbocycles. The molecule has 0 aliphatic carbocycles. The van der Waals surface area contributed by atoms with Crippen molar-refractivity contribution in [3.63, 3.8) is 0 Å². The lowest BCUT2D eigenvalue weighted by molar-refractivity contribution is -0.136. The fraction of sp³-hybridized carbons (Fsp3) is 0.600. The summed E-state index contributed by atoms with van der Waals surface area (Å²) in [5.41, 5.74) is 1.11. The van der Waals surface area contributed by atoms with Crippen LogP contribution in [0.5, 0.6) is 5.75 Å². The Labute approximate surface area is 170 Å². The highest BCUT2D eigenvalue weighted by Gasteiger charge is 2.29. The van der Waals surface area contributed by atoms with Crippen LogP contribution in [-0.2, 0) is 22.6 Å². The van der Waals surface area contributed by atoms with Gasteiger partial charge in [0.1, 0.15) is 12.3 Å². The van der Waals surface area contributed by atoms with Crippen LogP contribution in [0.1, 0.15) is 36.7 Å². The van der Waals surface area contributed by atoms with Crippen molar-refractivity contribution in [2.45, 2.75) is 38.4 Å². The van der Waals surface area contributed by atoms with Crippen molar-refractivity contribution in [3.05, 3.63) is 35.7 Å². The molecule has 2 saturated heterocycles. The van der Waals surface area contributed by atoms with E-state index in [1.165, 1.54) is 0 Å². The summed E-state index contributed by atoms with van der Waals surface area (Å²) < 4.78 is 12.4. The fourth-order valence-corrected chi connectivity index (χ4v) is 4.06. The van der Waals surface area contributed by atoms with E-state index in [9.17, 15) is 4.79 Å². The van der Waals surface area contributed by atoms with E-state index in [2.05, 4.69) is 26.5 Å². The van der Waals surface area contributed by atoms with E-state index < -0.39 is 0 Å². The first-order chi connectivity index (χ1) is 14.2. The summed E-state index contributed by atoms with van der Waals surface area (Å²) in [6.07, 6.45) is 3.08. The molecule has 2 aromatic rings. The molecule has 0 radical (unpaired) electrons. The van der Waals surface area contributed by atoms with Gasteiger partial charge in [-0.2, -0.15) is 0 Å². The average molecular weight is 400 g/mol. The van der Waals surface area contributed by atoms with Gasteiger partial charge in [0.25, 0.3) is 0 Å². The Morgan fingerprint density at radius 1 is 1.24 bits per heavy atom. The lowest BCUT2D eigenvalue weighted by Gasteiger charge is -2.36. The average Bonchev–Trinajstić information content (AvgIpc) is 3.21. The van der Waals surface area contributed by atoms with Crippen LogP contribution in [-0.4, -0.2) is 75.9 Å². The standard InChI is InChI=1S/C20H28N6O3/c1-28-17-6-4-5-16(13-17)18-7-2-3-8-25(18)20(27)15-26-19(21-22-23-26)14-24-9-11-29-12-10-24/h4-6,13,18H,2-3,7-12,14-15H2,1H3/t18-/m1/s1. The summed E-state index contributed by atoms with van der Waals surface area (Å²) in [6, 6.07) is 8.06. The first-order valence-electron chi connectivity index (χ1n) is 10.2.